The lowest BCUT2D eigenvalue weighted by molar-refractivity contribution is 0.356. The van der Waals surface area contributed by atoms with E-state index >= 15 is 0 Å². The number of phenolic OH excluding ortho intramolecular Hbond substituents is 2. The number of halogens is 1. The Morgan fingerprint density at radius 1 is 1.03 bits per heavy atom. The molecule has 4 rings (SSSR count). The predicted molar refractivity (Wildman–Crippen MR) is 142 cm³/mol. The second-order valence-electron chi connectivity index (χ2n) is 9.61. The van der Waals surface area contributed by atoms with E-state index in [9.17, 15) is 23.0 Å². The van der Waals surface area contributed by atoms with Crippen molar-refractivity contribution in [2.75, 3.05) is 18.4 Å². The van der Waals surface area contributed by atoms with Crippen molar-refractivity contribution >= 4 is 16.0 Å². The number of benzene rings is 2. The van der Waals surface area contributed by atoms with Crippen molar-refractivity contribution in [1.82, 2.24) is 24.5 Å². The van der Waals surface area contributed by atoms with Crippen LogP contribution >= 0.6 is 0 Å². The first-order valence-corrected chi connectivity index (χ1v) is 13.4. The lowest BCUT2D eigenvalue weighted by Crippen LogP contribution is -2.26. The minimum absolute atomic E-state index is 0.0101. The molecule has 0 atom stereocenters. The van der Waals surface area contributed by atoms with Gasteiger partial charge >= 0.3 is 0 Å². The molecule has 2 aromatic carbocycles. The normalized spacial score (nSPS) is 12.0. The smallest absolute Gasteiger partial charge is 0.240 e. The summed E-state index contributed by atoms with van der Waals surface area (Å²) in [6.07, 6.45) is 3.91. The number of anilines is 1. The van der Waals surface area contributed by atoms with Gasteiger partial charge in [-0.2, -0.15) is 5.10 Å². The van der Waals surface area contributed by atoms with Crippen molar-refractivity contribution in [3.05, 3.63) is 66.7 Å². The van der Waals surface area contributed by atoms with E-state index in [1.54, 1.807) is 23.0 Å². The summed E-state index contributed by atoms with van der Waals surface area (Å²) in [5, 5.41) is 27.0. The second kappa shape index (κ2) is 10.8. The molecule has 2 heterocycles. The van der Waals surface area contributed by atoms with Crippen LogP contribution in [0.1, 0.15) is 27.2 Å². The molecule has 12 heteroatoms. The van der Waals surface area contributed by atoms with Crippen LogP contribution in [-0.2, 0) is 15.6 Å². The standard InChI is InChI=1S/C26H29FN6O4S/c1-26(2,3)33-16-20(24(32-33)17-5-10-21(27)23(35)15-17)22-11-14-29-25(31-22)28-12-4-13-30-38(36,37)19-8-6-18(34)7-9-19/h5-11,14-16,30,34-35H,4,12-13H2,1-3H3,(H,28,29,31). The lowest BCUT2D eigenvalue weighted by Gasteiger charge is -2.18. The summed E-state index contributed by atoms with van der Waals surface area (Å²) in [5.74, 6) is -0.848. The van der Waals surface area contributed by atoms with E-state index in [1.807, 2.05) is 27.0 Å². The molecule has 0 aliphatic rings. The van der Waals surface area contributed by atoms with Crippen molar-refractivity contribution in [2.24, 2.45) is 0 Å². The van der Waals surface area contributed by atoms with Crippen LogP contribution in [0.15, 0.2) is 65.8 Å². The van der Waals surface area contributed by atoms with E-state index in [1.165, 1.54) is 36.4 Å². The molecule has 200 valence electrons. The average Bonchev–Trinajstić information content (AvgIpc) is 3.32. The Hall–Kier alpha value is -4.03. The number of aromatic hydroxyl groups is 2. The quantitative estimate of drug-likeness (QED) is 0.233. The maximum Gasteiger partial charge on any atom is 0.240 e. The molecule has 0 spiro atoms. The first kappa shape index (κ1) is 27.0. The van der Waals surface area contributed by atoms with Crippen LogP contribution in [0, 0.1) is 5.82 Å². The highest BCUT2D eigenvalue weighted by atomic mass is 32.2. The van der Waals surface area contributed by atoms with Crippen LogP contribution in [0.5, 0.6) is 11.5 Å². The number of nitrogens with zero attached hydrogens (tertiary/aromatic N) is 4. The molecule has 0 bridgehead atoms. The summed E-state index contributed by atoms with van der Waals surface area (Å²) in [7, 11) is -3.68. The first-order valence-electron chi connectivity index (χ1n) is 11.9. The molecule has 0 aliphatic heterocycles. The molecular weight excluding hydrogens is 511 g/mol. The van der Waals surface area contributed by atoms with Gasteiger partial charge in [0.05, 0.1) is 16.1 Å². The van der Waals surface area contributed by atoms with E-state index in [2.05, 4.69) is 20.0 Å². The van der Waals surface area contributed by atoms with E-state index < -0.39 is 21.6 Å². The number of nitrogens with one attached hydrogen (secondary N) is 2. The Morgan fingerprint density at radius 2 is 1.76 bits per heavy atom. The summed E-state index contributed by atoms with van der Waals surface area (Å²) < 4.78 is 42.7. The Kier molecular flexibility index (Phi) is 7.65. The fraction of sp³-hybridized carbons (Fsp3) is 0.269. The highest BCUT2D eigenvalue weighted by molar-refractivity contribution is 7.89. The van der Waals surface area contributed by atoms with E-state index in [-0.39, 0.29) is 22.7 Å². The molecule has 38 heavy (non-hydrogen) atoms. The van der Waals surface area contributed by atoms with Crippen LogP contribution in [0.3, 0.4) is 0 Å². The lowest BCUT2D eigenvalue weighted by atomic mass is 10.1. The molecule has 0 aliphatic carbocycles. The Labute approximate surface area is 220 Å². The molecule has 0 radical (unpaired) electrons. The third-order valence-corrected chi connectivity index (χ3v) is 7.11. The number of aromatic nitrogens is 4. The summed E-state index contributed by atoms with van der Waals surface area (Å²) in [4.78, 5) is 8.91. The van der Waals surface area contributed by atoms with Crippen molar-refractivity contribution in [2.45, 2.75) is 37.6 Å². The van der Waals surface area contributed by atoms with Gasteiger partial charge in [-0.05, 0) is 75.7 Å². The molecule has 0 saturated heterocycles. The molecule has 0 fully saturated rings. The first-order chi connectivity index (χ1) is 17.9. The largest absolute Gasteiger partial charge is 0.508 e. The van der Waals surface area contributed by atoms with E-state index in [0.717, 1.165) is 0 Å². The summed E-state index contributed by atoms with van der Waals surface area (Å²) in [6.45, 7) is 6.59. The monoisotopic (exact) mass is 540 g/mol. The van der Waals surface area contributed by atoms with Gasteiger partial charge in [-0.25, -0.2) is 27.5 Å². The molecule has 2 aromatic heterocycles. The van der Waals surface area contributed by atoms with E-state index in [4.69, 9.17) is 5.10 Å². The van der Waals surface area contributed by atoms with Gasteiger partial charge in [0.2, 0.25) is 16.0 Å². The van der Waals surface area contributed by atoms with Crippen LogP contribution < -0.4 is 10.0 Å². The van der Waals surface area contributed by atoms with Gasteiger partial charge in [0, 0.05) is 36.6 Å². The van der Waals surface area contributed by atoms with Gasteiger partial charge in [0.1, 0.15) is 11.4 Å². The third-order valence-electron chi connectivity index (χ3n) is 5.63. The third kappa shape index (κ3) is 6.26. The average molecular weight is 541 g/mol. The van der Waals surface area contributed by atoms with Gasteiger partial charge in [-0.15, -0.1) is 0 Å². The zero-order chi connectivity index (χ0) is 27.5. The fourth-order valence-corrected chi connectivity index (χ4v) is 4.65. The van der Waals surface area contributed by atoms with Crippen molar-refractivity contribution in [3.63, 3.8) is 0 Å². The second-order valence-corrected chi connectivity index (χ2v) is 11.4. The van der Waals surface area contributed by atoms with Crippen LogP contribution in [0.2, 0.25) is 0 Å². The SMILES string of the molecule is CC(C)(C)n1cc(-c2ccnc(NCCCNS(=O)(=O)c3ccc(O)cc3)n2)c(-c2ccc(F)c(O)c2)n1. The molecule has 0 saturated carbocycles. The zero-order valence-corrected chi connectivity index (χ0v) is 22.0. The van der Waals surface area contributed by atoms with Gasteiger partial charge in [0.15, 0.2) is 11.6 Å². The van der Waals surface area contributed by atoms with Crippen molar-refractivity contribution < 1.29 is 23.0 Å². The van der Waals surface area contributed by atoms with Crippen LogP contribution in [-0.4, -0.2) is 51.5 Å². The molecule has 4 aromatic rings. The maximum atomic E-state index is 13.7. The topological polar surface area (TPSA) is 142 Å². The predicted octanol–water partition coefficient (Wildman–Crippen LogP) is 4.09. The number of sulfonamides is 1. The Bertz CT molecular complexity index is 1530. The maximum absolute atomic E-state index is 13.7. The highest BCUT2D eigenvalue weighted by Gasteiger charge is 2.22. The molecule has 4 N–H and O–H groups in total. The minimum atomic E-state index is -3.68. The number of hydrogen-bond donors (Lipinski definition) is 4. The number of phenols is 2. The Morgan fingerprint density at radius 3 is 2.45 bits per heavy atom. The van der Waals surface area contributed by atoms with Gasteiger partial charge < -0.3 is 15.5 Å². The zero-order valence-electron chi connectivity index (χ0n) is 21.2. The molecular formula is C26H29FN6O4S. The summed E-state index contributed by atoms with van der Waals surface area (Å²) in [5.41, 5.74) is 1.98. The van der Waals surface area contributed by atoms with E-state index in [0.29, 0.717) is 41.4 Å². The summed E-state index contributed by atoms with van der Waals surface area (Å²) in [6, 6.07) is 11.1. The Balaban J connectivity index is 1.47. The highest BCUT2D eigenvalue weighted by Crippen LogP contribution is 2.34. The van der Waals surface area contributed by atoms with Crippen molar-refractivity contribution in [3.8, 4) is 34.0 Å². The van der Waals surface area contributed by atoms with Gasteiger partial charge in [-0.3, -0.25) is 4.68 Å². The number of rotatable bonds is 9. The van der Waals surface area contributed by atoms with Crippen LogP contribution in [0.25, 0.3) is 22.5 Å². The van der Waals surface area contributed by atoms with Gasteiger partial charge in [0.25, 0.3) is 0 Å². The van der Waals surface area contributed by atoms with Crippen LogP contribution in [0.4, 0.5) is 10.3 Å². The fourth-order valence-electron chi connectivity index (χ4n) is 3.58. The summed E-state index contributed by atoms with van der Waals surface area (Å²) >= 11 is 0. The van der Waals surface area contributed by atoms with Gasteiger partial charge in [-0.1, -0.05) is 0 Å². The van der Waals surface area contributed by atoms with Crippen molar-refractivity contribution in [1.29, 1.82) is 0 Å². The molecule has 10 nitrogen and oxygen atoms in total. The molecule has 0 unspecified atom stereocenters. The minimum Gasteiger partial charge on any atom is -0.508 e. The molecule has 0 amide bonds. The number of hydrogen-bond acceptors (Lipinski definition) is 8.